The van der Waals surface area contributed by atoms with Gasteiger partial charge in [0.05, 0.1) is 17.6 Å². The van der Waals surface area contributed by atoms with Crippen LogP contribution in [-0.2, 0) is 4.79 Å². The van der Waals surface area contributed by atoms with Gasteiger partial charge in [-0.15, -0.1) is 0 Å². The zero-order valence-corrected chi connectivity index (χ0v) is 21.0. The van der Waals surface area contributed by atoms with Crippen LogP contribution >= 0.6 is 0 Å². The number of halogens is 1. The number of hydrogen-bond acceptors (Lipinski definition) is 4. The lowest BCUT2D eigenvalue weighted by atomic mass is 9.99. The van der Waals surface area contributed by atoms with Crippen molar-refractivity contribution < 1.29 is 9.18 Å². The Kier molecular flexibility index (Phi) is 5.92. The average molecular weight is 505 g/mol. The summed E-state index contributed by atoms with van der Waals surface area (Å²) in [5.41, 5.74) is 8.11. The highest BCUT2D eigenvalue weighted by Gasteiger charge is 2.16. The molecule has 3 N–H and O–H groups in total. The number of anilines is 1. The van der Waals surface area contributed by atoms with Gasteiger partial charge in [0, 0.05) is 46.2 Å². The third kappa shape index (κ3) is 4.41. The number of nitrogens with one attached hydrogen (secondary N) is 3. The number of carbonyl (C=O) groups is 1. The zero-order chi connectivity index (χ0) is 26.2. The minimum atomic E-state index is -0.256. The molecule has 0 fully saturated rings. The molecule has 0 bridgehead atoms. The van der Waals surface area contributed by atoms with Crippen molar-refractivity contribution in [1.82, 2.24) is 25.1 Å². The van der Waals surface area contributed by atoms with Gasteiger partial charge >= 0.3 is 0 Å². The lowest BCUT2D eigenvalue weighted by molar-refractivity contribution is -0.116. The van der Waals surface area contributed by atoms with E-state index < -0.39 is 0 Å². The normalized spacial score (nSPS) is 11.3. The summed E-state index contributed by atoms with van der Waals surface area (Å²) in [6.45, 7) is 3.86. The van der Waals surface area contributed by atoms with Crippen molar-refractivity contribution in [2.45, 2.75) is 26.7 Å². The number of nitrogens with zero attached hydrogens (tertiary/aromatic N) is 3. The molecule has 6 aromatic rings. The monoisotopic (exact) mass is 504 g/mol. The third-order valence-electron chi connectivity index (χ3n) is 6.52. The second-order valence-electron chi connectivity index (χ2n) is 9.42. The van der Waals surface area contributed by atoms with Gasteiger partial charge in [-0.25, -0.2) is 9.37 Å². The van der Waals surface area contributed by atoms with Crippen LogP contribution < -0.4 is 5.32 Å². The maximum atomic E-state index is 14.2. The van der Waals surface area contributed by atoms with Crippen LogP contribution in [0.1, 0.15) is 25.3 Å². The SMILES string of the molecule is CCCC(=O)Nc1cncc(-c2cnc3[nH]nc(-c4cc5c(-c6cc(C)cc(F)c6)cccc5[nH]4)c3c2)c1. The van der Waals surface area contributed by atoms with E-state index in [2.05, 4.69) is 30.5 Å². The van der Waals surface area contributed by atoms with E-state index >= 15 is 0 Å². The van der Waals surface area contributed by atoms with Crippen molar-refractivity contribution >= 4 is 33.5 Å². The molecule has 1 amide bonds. The molecular formula is C30H25FN6O. The van der Waals surface area contributed by atoms with Crippen molar-refractivity contribution in [2.75, 3.05) is 5.32 Å². The zero-order valence-electron chi connectivity index (χ0n) is 21.0. The first-order chi connectivity index (χ1) is 18.5. The number of rotatable bonds is 6. The molecule has 0 saturated carbocycles. The molecule has 2 aromatic carbocycles. The Morgan fingerprint density at radius 1 is 0.974 bits per heavy atom. The van der Waals surface area contributed by atoms with Crippen LogP contribution in [0.3, 0.4) is 0 Å². The number of benzene rings is 2. The second kappa shape index (κ2) is 9.55. The molecule has 0 aliphatic rings. The number of aromatic nitrogens is 5. The van der Waals surface area contributed by atoms with E-state index in [1.807, 2.05) is 56.3 Å². The van der Waals surface area contributed by atoms with Crippen LogP contribution in [0.4, 0.5) is 10.1 Å². The van der Waals surface area contributed by atoms with E-state index in [4.69, 9.17) is 0 Å². The predicted octanol–water partition coefficient (Wildman–Crippen LogP) is 7.02. The van der Waals surface area contributed by atoms with Crippen molar-refractivity contribution in [1.29, 1.82) is 0 Å². The van der Waals surface area contributed by atoms with Crippen LogP contribution in [-0.4, -0.2) is 31.1 Å². The van der Waals surface area contributed by atoms with Crippen molar-refractivity contribution in [3.05, 3.63) is 84.6 Å². The summed E-state index contributed by atoms with van der Waals surface area (Å²) in [5, 5.41) is 12.3. The van der Waals surface area contributed by atoms with Gasteiger partial charge in [0.15, 0.2) is 5.65 Å². The summed E-state index contributed by atoms with van der Waals surface area (Å²) >= 11 is 0. The molecule has 188 valence electrons. The quantitative estimate of drug-likeness (QED) is 0.227. The Morgan fingerprint density at radius 2 is 1.84 bits per heavy atom. The van der Waals surface area contributed by atoms with Gasteiger partial charge in [0.25, 0.3) is 0 Å². The summed E-state index contributed by atoms with van der Waals surface area (Å²) in [5.74, 6) is -0.295. The van der Waals surface area contributed by atoms with Gasteiger partial charge in [-0.05, 0) is 66.4 Å². The smallest absolute Gasteiger partial charge is 0.224 e. The molecule has 0 aliphatic carbocycles. The van der Waals surface area contributed by atoms with Crippen LogP contribution in [0, 0.1) is 12.7 Å². The van der Waals surface area contributed by atoms with Gasteiger partial charge < -0.3 is 10.3 Å². The molecule has 4 aromatic heterocycles. The number of aryl methyl sites for hydroxylation is 1. The summed E-state index contributed by atoms with van der Waals surface area (Å²) in [6, 6.07) is 17.0. The molecule has 38 heavy (non-hydrogen) atoms. The Bertz CT molecular complexity index is 1800. The maximum absolute atomic E-state index is 14.2. The van der Waals surface area contributed by atoms with Crippen LogP contribution in [0.25, 0.3) is 55.6 Å². The minimum absolute atomic E-state index is 0.0382. The van der Waals surface area contributed by atoms with Gasteiger partial charge in [-0.2, -0.15) is 5.10 Å². The highest BCUT2D eigenvalue weighted by molar-refractivity contribution is 6.01. The van der Waals surface area contributed by atoms with E-state index in [-0.39, 0.29) is 11.7 Å². The molecule has 6 rings (SSSR count). The van der Waals surface area contributed by atoms with E-state index in [0.29, 0.717) is 17.8 Å². The molecule has 0 spiro atoms. The van der Waals surface area contributed by atoms with Gasteiger partial charge in [-0.3, -0.25) is 14.9 Å². The number of amides is 1. The average Bonchev–Trinajstić information content (AvgIpc) is 3.52. The molecule has 0 aliphatic heterocycles. The fourth-order valence-corrected chi connectivity index (χ4v) is 4.81. The highest BCUT2D eigenvalue weighted by Crippen LogP contribution is 2.35. The van der Waals surface area contributed by atoms with E-state index in [1.54, 1.807) is 24.7 Å². The number of fused-ring (bicyclic) bond motifs is 2. The second-order valence-corrected chi connectivity index (χ2v) is 9.42. The number of H-pyrrole nitrogens is 2. The first kappa shape index (κ1) is 23.5. The molecule has 7 nitrogen and oxygen atoms in total. The third-order valence-corrected chi connectivity index (χ3v) is 6.52. The lowest BCUT2D eigenvalue weighted by Gasteiger charge is -2.07. The number of carbonyl (C=O) groups excluding carboxylic acids is 1. The van der Waals surface area contributed by atoms with Crippen molar-refractivity contribution in [3.8, 4) is 33.6 Å². The Hall–Kier alpha value is -4.85. The van der Waals surface area contributed by atoms with Gasteiger partial charge in [-0.1, -0.05) is 25.1 Å². The summed E-state index contributed by atoms with van der Waals surface area (Å²) in [6.07, 6.45) is 6.37. The molecule has 0 saturated heterocycles. The van der Waals surface area contributed by atoms with Crippen molar-refractivity contribution in [2.24, 2.45) is 0 Å². The number of hydrogen-bond donors (Lipinski definition) is 3. The number of aromatic amines is 2. The Morgan fingerprint density at radius 3 is 2.68 bits per heavy atom. The van der Waals surface area contributed by atoms with Gasteiger partial charge in [0.1, 0.15) is 11.5 Å². The molecule has 0 unspecified atom stereocenters. The molecular weight excluding hydrogens is 479 g/mol. The lowest BCUT2D eigenvalue weighted by Crippen LogP contribution is -2.10. The predicted molar refractivity (Wildman–Crippen MR) is 148 cm³/mol. The minimum Gasteiger partial charge on any atom is -0.353 e. The van der Waals surface area contributed by atoms with E-state index in [1.165, 1.54) is 6.07 Å². The van der Waals surface area contributed by atoms with Crippen LogP contribution in [0.15, 0.2) is 73.2 Å². The summed E-state index contributed by atoms with van der Waals surface area (Å²) in [7, 11) is 0. The Labute approximate surface area is 218 Å². The standard InChI is InChI=1S/C30H25FN6O/c1-3-5-28(38)34-22-11-19(14-32-16-22)20-12-25-29(36-37-30(25)33-15-20)27-13-24-23(6-4-7-26(24)35-27)18-8-17(2)9-21(31)10-18/h4,6-16,35H,3,5H2,1-2H3,(H,34,38)(H,33,36,37). The first-order valence-corrected chi connectivity index (χ1v) is 12.5. The summed E-state index contributed by atoms with van der Waals surface area (Å²) < 4.78 is 14.2. The molecule has 0 atom stereocenters. The largest absolute Gasteiger partial charge is 0.353 e. The van der Waals surface area contributed by atoms with Crippen LogP contribution in [0.2, 0.25) is 0 Å². The first-order valence-electron chi connectivity index (χ1n) is 12.5. The Balaban J connectivity index is 1.41. The molecule has 0 radical (unpaired) electrons. The number of pyridine rings is 2. The highest BCUT2D eigenvalue weighted by atomic mass is 19.1. The maximum Gasteiger partial charge on any atom is 0.224 e. The molecule has 4 heterocycles. The summed E-state index contributed by atoms with van der Waals surface area (Å²) in [4.78, 5) is 24.4. The van der Waals surface area contributed by atoms with E-state index in [0.717, 1.165) is 61.9 Å². The fourth-order valence-electron chi connectivity index (χ4n) is 4.81. The van der Waals surface area contributed by atoms with Crippen LogP contribution in [0.5, 0.6) is 0 Å². The molecule has 8 heteroatoms. The topological polar surface area (TPSA) is 99.3 Å². The van der Waals surface area contributed by atoms with Gasteiger partial charge in [0.2, 0.25) is 5.91 Å². The van der Waals surface area contributed by atoms with E-state index in [9.17, 15) is 9.18 Å². The fraction of sp³-hybridized carbons (Fsp3) is 0.133. The van der Waals surface area contributed by atoms with Crippen molar-refractivity contribution in [3.63, 3.8) is 0 Å².